The van der Waals surface area contributed by atoms with Crippen LogP contribution in [0.1, 0.15) is 27.2 Å². The second-order valence-electron chi connectivity index (χ2n) is 3.87. The van der Waals surface area contributed by atoms with Gasteiger partial charge in [0.25, 0.3) is 0 Å². The first kappa shape index (κ1) is 11.8. The lowest BCUT2D eigenvalue weighted by Gasteiger charge is -2.08. The molecule has 0 aliphatic rings. The molecular formula is C11H19N3O. The molecule has 0 saturated heterocycles. The van der Waals surface area contributed by atoms with Crippen LogP contribution in [-0.2, 0) is 0 Å². The third kappa shape index (κ3) is 4.63. The second kappa shape index (κ2) is 6.22. The Hall–Kier alpha value is -1.32. The van der Waals surface area contributed by atoms with Crippen molar-refractivity contribution in [2.75, 3.05) is 18.5 Å². The fourth-order valence-electron chi connectivity index (χ4n) is 1.02. The van der Waals surface area contributed by atoms with Crippen molar-refractivity contribution in [3.63, 3.8) is 0 Å². The minimum Gasteiger partial charge on any atom is -0.477 e. The molecule has 0 aliphatic heterocycles. The van der Waals surface area contributed by atoms with E-state index in [0.29, 0.717) is 18.4 Å². The highest BCUT2D eigenvalue weighted by Gasteiger charge is 2.00. The molecule has 0 aliphatic carbocycles. The third-order valence-electron chi connectivity index (χ3n) is 1.76. The smallest absolute Gasteiger partial charge is 0.218 e. The van der Waals surface area contributed by atoms with Crippen molar-refractivity contribution in [3.05, 3.63) is 12.4 Å². The predicted molar refractivity (Wildman–Crippen MR) is 61.1 cm³/mol. The van der Waals surface area contributed by atoms with Crippen LogP contribution in [0.3, 0.4) is 0 Å². The van der Waals surface area contributed by atoms with Gasteiger partial charge in [-0.25, -0.2) is 9.97 Å². The maximum Gasteiger partial charge on any atom is 0.218 e. The molecule has 0 fully saturated rings. The van der Waals surface area contributed by atoms with Crippen LogP contribution < -0.4 is 10.1 Å². The lowest BCUT2D eigenvalue weighted by molar-refractivity contribution is 0.261. The highest BCUT2D eigenvalue weighted by molar-refractivity contribution is 5.36. The zero-order valence-electron chi connectivity index (χ0n) is 9.66. The van der Waals surface area contributed by atoms with Crippen LogP contribution in [0.5, 0.6) is 5.88 Å². The van der Waals surface area contributed by atoms with Crippen LogP contribution in [-0.4, -0.2) is 23.1 Å². The minimum absolute atomic E-state index is 0.506. The Bertz CT molecular complexity index is 289. The number of hydrogen-bond acceptors (Lipinski definition) is 4. The number of aromatic nitrogens is 2. The summed E-state index contributed by atoms with van der Waals surface area (Å²) >= 11 is 0. The first-order chi connectivity index (χ1) is 7.22. The summed E-state index contributed by atoms with van der Waals surface area (Å²) in [4.78, 5) is 8.15. The molecule has 4 nitrogen and oxygen atoms in total. The molecule has 0 saturated carbocycles. The Labute approximate surface area is 91.1 Å². The van der Waals surface area contributed by atoms with Crippen LogP contribution in [0.15, 0.2) is 12.4 Å². The average Bonchev–Trinajstić information content (AvgIpc) is 2.24. The Kier molecular flexibility index (Phi) is 4.87. The van der Waals surface area contributed by atoms with E-state index in [2.05, 4.69) is 36.1 Å². The van der Waals surface area contributed by atoms with Gasteiger partial charge in [-0.3, -0.25) is 0 Å². The number of hydrogen-bond donors (Lipinski definition) is 1. The number of rotatable bonds is 6. The highest BCUT2D eigenvalue weighted by Crippen LogP contribution is 2.11. The van der Waals surface area contributed by atoms with Crippen LogP contribution in [0.4, 0.5) is 5.82 Å². The largest absolute Gasteiger partial charge is 0.477 e. The van der Waals surface area contributed by atoms with Gasteiger partial charge in [-0.1, -0.05) is 20.8 Å². The van der Waals surface area contributed by atoms with Gasteiger partial charge < -0.3 is 10.1 Å². The molecule has 4 heteroatoms. The summed E-state index contributed by atoms with van der Waals surface area (Å²) in [5, 5.41) is 3.19. The lowest BCUT2D eigenvalue weighted by atomic mass is 10.2. The van der Waals surface area contributed by atoms with E-state index >= 15 is 0 Å². The van der Waals surface area contributed by atoms with Crippen molar-refractivity contribution < 1.29 is 4.74 Å². The molecule has 0 aromatic carbocycles. The Morgan fingerprint density at radius 1 is 1.40 bits per heavy atom. The van der Waals surface area contributed by atoms with Crippen molar-refractivity contribution in [1.29, 1.82) is 0 Å². The molecule has 0 radical (unpaired) electrons. The summed E-state index contributed by atoms with van der Waals surface area (Å²) in [6, 6.07) is 1.83. The van der Waals surface area contributed by atoms with Gasteiger partial charge in [0, 0.05) is 12.6 Å². The SMILES string of the molecule is CCCNc1cc(OCC(C)C)ncn1. The second-order valence-corrected chi connectivity index (χ2v) is 3.87. The van der Waals surface area contributed by atoms with E-state index < -0.39 is 0 Å². The molecule has 0 unspecified atom stereocenters. The zero-order chi connectivity index (χ0) is 11.1. The molecule has 84 valence electrons. The van der Waals surface area contributed by atoms with Gasteiger partial charge in [-0.05, 0) is 12.3 Å². The highest BCUT2D eigenvalue weighted by atomic mass is 16.5. The molecule has 1 heterocycles. The van der Waals surface area contributed by atoms with E-state index in [1.54, 1.807) is 0 Å². The summed E-state index contributed by atoms with van der Waals surface area (Å²) in [7, 11) is 0. The molecule has 0 bridgehead atoms. The normalized spacial score (nSPS) is 10.4. The van der Waals surface area contributed by atoms with Gasteiger partial charge >= 0.3 is 0 Å². The van der Waals surface area contributed by atoms with Crippen LogP contribution in [0.25, 0.3) is 0 Å². The molecule has 0 atom stereocenters. The Morgan fingerprint density at radius 2 is 2.20 bits per heavy atom. The number of anilines is 1. The van der Waals surface area contributed by atoms with Crippen molar-refractivity contribution in [2.24, 2.45) is 5.92 Å². The molecule has 1 N–H and O–H groups in total. The molecule has 1 aromatic rings. The van der Waals surface area contributed by atoms with Gasteiger partial charge in [0.1, 0.15) is 12.1 Å². The summed E-state index contributed by atoms with van der Waals surface area (Å²) < 4.78 is 5.50. The minimum atomic E-state index is 0.506. The van der Waals surface area contributed by atoms with E-state index in [4.69, 9.17) is 4.74 Å². The molecule has 0 amide bonds. The van der Waals surface area contributed by atoms with Gasteiger partial charge in [-0.2, -0.15) is 0 Å². The van der Waals surface area contributed by atoms with Crippen LogP contribution in [0, 0.1) is 5.92 Å². The Morgan fingerprint density at radius 3 is 2.87 bits per heavy atom. The molecule has 1 rings (SSSR count). The fraction of sp³-hybridized carbons (Fsp3) is 0.636. The van der Waals surface area contributed by atoms with E-state index in [1.165, 1.54) is 6.33 Å². The number of ether oxygens (including phenoxy) is 1. The number of nitrogens with one attached hydrogen (secondary N) is 1. The fourth-order valence-corrected chi connectivity index (χ4v) is 1.02. The first-order valence-electron chi connectivity index (χ1n) is 5.41. The van der Waals surface area contributed by atoms with Crippen molar-refractivity contribution in [1.82, 2.24) is 9.97 Å². The molecule has 0 spiro atoms. The average molecular weight is 209 g/mol. The van der Waals surface area contributed by atoms with Crippen LogP contribution in [0.2, 0.25) is 0 Å². The molecule has 15 heavy (non-hydrogen) atoms. The van der Waals surface area contributed by atoms with Crippen LogP contribution >= 0.6 is 0 Å². The monoisotopic (exact) mass is 209 g/mol. The van der Waals surface area contributed by atoms with Crippen molar-refractivity contribution >= 4 is 5.82 Å². The predicted octanol–water partition coefficient (Wildman–Crippen LogP) is 2.33. The standard InChI is InChI=1S/C11H19N3O/c1-4-5-12-10-6-11(14-8-13-10)15-7-9(2)3/h6,8-9H,4-5,7H2,1-3H3,(H,12,13,14). The van der Waals surface area contributed by atoms with Crippen molar-refractivity contribution in [3.8, 4) is 5.88 Å². The molecular weight excluding hydrogens is 190 g/mol. The maximum absolute atomic E-state index is 5.50. The summed E-state index contributed by atoms with van der Waals surface area (Å²) in [5.74, 6) is 1.97. The Balaban J connectivity index is 2.50. The molecule has 1 aromatic heterocycles. The quantitative estimate of drug-likeness (QED) is 0.781. The zero-order valence-corrected chi connectivity index (χ0v) is 9.66. The first-order valence-corrected chi connectivity index (χ1v) is 5.41. The van der Waals surface area contributed by atoms with Gasteiger partial charge in [0.2, 0.25) is 5.88 Å². The van der Waals surface area contributed by atoms with Gasteiger partial charge in [-0.15, -0.1) is 0 Å². The summed E-state index contributed by atoms with van der Waals surface area (Å²) in [5.41, 5.74) is 0. The maximum atomic E-state index is 5.50. The summed E-state index contributed by atoms with van der Waals surface area (Å²) in [6.45, 7) is 7.93. The van der Waals surface area contributed by atoms with E-state index in [1.807, 2.05) is 6.07 Å². The lowest BCUT2D eigenvalue weighted by Crippen LogP contribution is -2.07. The van der Waals surface area contributed by atoms with Gasteiger partial charge in [0.05, 0.1) is 6.61 Å². The topological polar surface area (TPSA) is 47.0 Å². The van der Waals surface area contributed by atoms with E-state index in [0.717, 1.165) is 18.8 Å². The summed E-state index contributed by atoms with van der Waals surface area (Å²) in [6.07, 6.45) is 2.60. The van der Waals surface area contributed by atoms with E-state index in [9.17, 15) is 0 Å². The third-order valence-corrected chi connectivity index (χ3v) is 1.76. The van der Waals surface area contributed by atoms with Gasteiger partial charge in [0.15, 0.2) is 0 Å². The van der Waals surface area contributed by atoms with E-state index in [-0.39, 0.29) is 0 Å². The van der Waals surface area contributed by atoms with Crippen molar-refractivity contribution in [2.45, 2.75) is 27.2 Å². The number of nitrogens with zero attached hydrogens (tertiary/aromatic N) is 2.